The van der Waals surface area contributed by atoms with E-state index in [9.17, 15) is 4.21 Å². The van der Waals surface area contributed by atoms with Crippen LogP contribution in [0.2, 0.25) is 0 Å². The summed E-state index contributed by atoms with van der Waals surface area (Å²) in [6.45, 7) is 5.86. The van der Waals surface area contributed by atoms with E-state index >= 15 is 0 Å². The predicted molar refractivity (Wildman–Crippen MR) is 38.2 cm³/mol. The fourth-order valence-electron chi connectivity index (χ4n) is 0.295. The normalized spacial score (nSPS) is 17.9. The highest BCUT2D eigenvalue weighted by atomic mass is 32.2. The summed E-state index contributed by atoms with van der Waals surface area (Å²) >= 11 is -1.87. The van der Waals surface area contributed by atoms with Crippen LogP contribution in [0.15, 0.2) is 0 Å². The topological polar surface area (TPSA) is 49.3 Å². The van der Waals surface area contributed by atoms with Gasteiger partial charge in [0.05, 0.1) is 0 Å². The fourth-order valence-corrected chi connectivity index (χ4v) is 0.885. The van der Waals surface area contributed by atoms with Crippen molar-refractivity contribution in [3.63, 3.8) is 0 Å². The van der Waals surface area contributed by atoms with E-state index in [2.05, 4.69) is 4.72 Å². The van der Waals surface area contributed by atoms with Crippen LogP contribution in [0, 0.1) is 5.92 Å². The minimum Gasteiger partial charge on any atom is -0.294 e. The molecule has 0 saturated heterocycles. The van der Waals surface area contributed by atoms with Crippen molar-refractivity contribution in [2.24, 2.45) is 5.92 Å². The second-order valence-corrected chi connectivity index (χ2v) is 3.13. The fraction of sp³-hybridized carbons (Fsp3) is 1.00. The molecule has 0 bridgehead atoms. The molecule has 3 nitrogen and oxygen atoms in total. The first kappa shape index (κ1) is 9.07. The lowest BCUT2D eigenvalue weighted by atomic mass is 10.1. The molecule has 56 valence electrons. The summed E-state index contributed by atoms with van der Waals surface area (Å²) in [5.74, 6) is 0.390. The molecule has 2 N–H and O–H groups in total. The van der Waals surface area contributed by atoms with E-state index in [1.807, 2.05) is 20.8 Å². The Hall–Kier alpha value is 0.0700. The Bertz CT molecular complexity index is 105. The zero-order valence-corrected chi connectivity index (χ0v) is 6.73. The van der Waals surface area contributed by atoms with Gasteiger partial charge in [0, 0.05) is 6.04 Å². The van der Waals surface area contributed by atoms with Crippen molar-refractivity contribution in [3.8, 4) is 0 Å². The molecule has 0 rings (SSSR count). The standard InChI is InChI=1S/C5H13NO2S/c1-4(2)5(3)6-9(7)8/h4-6H,1-3H3,(H,7,8). The van der Waals surface area contributed by atoms with E-state index in [0.29, 0.717) is 5.92 Å². The van der Waals surface area contributed by atoms with Gasteiger partial charge in [-0.25, -0.2) is 8.93 Å². The Balaban J connectivity index is 3.50. The molecule has 0 aromatic carbocycles. The number of hydrogen-bond donors (Lipinski definition) is 2. The molecule has 0 amide bonds. The molecule has 4 heteroatoms. The molecule has 2 unspecified atom stereocenters. The van der Waals surface area contributed by atoms with E-state index in [-0.39, 0.29) is 6.04 Å². The molecule has 0 aliphatic rings. The lowest BCUT2D eigenvalue weighted by Gasteiger charge is -2.13. The van der Waals surface area contributed by atoms with Gasteiger partial charge in [0.25, 0.3) is 0 Å². The van der Waals surface area contributed by atoms with Gasteiger partial charge in [0.15, 0.2) is 0 Å². The third kappa shape index (κ3) is 4.57. The van der Waals surface area contributed by atoms with Crippen LogP contribution in [-0.4, -0.2) is 14.8 Å². The van der Waals surface area contributed by atoms with Gasteiger partial charge in [-0.1, -0.05) is 13.8 Å². The van der Waals surface area contributed by atoms with Crippen molar-refractivity contribution in [1.82, 2.24) is 4.72 Å². The van der Waals surface area contributed by atoms with Crippen LogP contribution in [0.25, 0.3) is 0 Å². The molecule has 0 spiro atoms. The smallest absolute Gasteiger partial charge is 0.231 e. The van der Waals surface area contributed by atoms with E-state index in [1.165, 1.54) is 0 Å². The molecule has 0 aromatic heterocycles. The van der Waals surface area contributed by atoms with Gasteiger partial charge in [-0.05, 0) is 12.8 Å². The second kappa shape index (κ2) is 3.98. The second-order valence-electron chi connectivity index (χ2n) is 2.40. The monoisotopic (exact) mass is 151 g/mol. The minimum absolute atomic E-state index is 0.0934. The number of hydrogen-bond acceptors (Lipinski definition) is 1. The van der Waals surface area contributed by atoms with Crippen molar-refractivity contribution in [3.05, 3.63) is 0 Å². The molecular weight excluding hydrogens is 138 g/mol. The van der Waals surface area contributed by atoms with E-state index < -0.39 is 11.3 Å². The van der Waals surface area contributed by atoms with Crippen LogP contribution < -0.4 is 4.72 Å². The first-order valence-electron chi connectivity index (χ1n) is 2.91. The van der Waals surface area contributed by atoms with E-state index in [1.54, 1.807) is 0 Å². The SMILES string of the molecule is CC(C)C(C)NS(=O)O. The predicted octanol–water partition coefficient (Wildman–Crippen LogP) is 0.757. The van der Waals surface area contributed by atoms with Gasteiger partial charge in [-0.15, -0.1) is 0 Å². The Labute approximate surface area is 58.3 Å². The average molecular weight is 151 g/mol. The summed E-state index contributed by atoms with van der Waals surface area (Å²) in [5.41, 5.74) is 0. The van der Waals surface area contributed by atoms with Crippen molar-refractivity contribution in [2.75, 3.05) is 0 Å². The summed E-state index contributed by atoms with van der Waals surface area (Å²) in [4.78, 5) is 0. The van der Waals surface area contributed by atoms with Crippen LogP contribution >= 0.6 is 0 Å². The Morgan fingerprint density at radius 1 is 1.44 bits per heavy atom. The van der Waals surface area contributed by atoms with Crippen LogP contribution in [-0.2, 0) is 11.3 Å². The van der Waals surface area contributed by atoms with Crippen LogP contribution in [0.5, 0.6) is 0 Å². The molecule has 0 fully saturated rings. The maximum atomic E-state index is 10.1. The summed E-state index contributed by atoms with van der Waals surface area (Å²) in [7, 11) is 0. The Morgan fingerprint density at radius 3 is 2.00 bits per heavy atom. The molecule has 9 heavy (non-hydrogen) atoms. The van der Waals surface area contributed by atoms with E-state index in [4.69, 9.17) is 4.55 Å². The van der Waals surface area contributed by atoms with Crippen molar-refractivity contribution in [2.45, 2.75) is 26.8 Å². The first-order chi connectivity index (χ1) is 4.04. The molecule has 0 aliphatic heterocycles. The number of nitrogens with one attached hydrogen (secondary N) is 1. The summed E-state index contributed by atoms with van der Waals surface area (Å²) in [5, 5.41) is 0. The first-order valence-corrected chi connectivity index (χ1v) is 4.01. The van der Waals surface area contributed by atoms with Crippen molar-refractivity contribution >= 4 is 11.3 Å². The molecule has 2 atom stereocenters. The third-order valence-corrected chi connectivity index (χ3v) is 1.86. The maximum Gasteiger partial charge on any atom is 0.231 e. The number of rotatable bonds is 3. The highest BCUT2D eigenvalue weighted by Crippen LogP contribution is 1.98. The van der Waals surface area contributed by atoms with Gasteiger partial charge in [-0.2, -0.15) is 0 Å². The summed E-state index contributed by atoms with van der Waals surface area (Å²) in [6.07, 6.45) is 0. The lowest BCUT2D eigenvalue weighted by Crippen LogP contribution is -2.31. The quantitative estimate of drug-likeness (QED) is 0.585. The van der Waals surface area contributed by atoms with Crippen LogP contribution in [0.1, 0.15) is 20.8 Å². The molecule has 0 saturated carbocycles. The molecule has 0 heterocycles. The molecular formula is C5H13NO2S. The van der Waals surface area contributed by atoms with Crippen molar-refractivity contribution < 1.29 is 8.76 Å². The van der Waals surface area contributed by atoms with Gasteiger partial charge >= 0.3 is 0 Å². The van der Waals surface area contributed by atoms with Crippen LogP contribution in [0.3, 0.4) is 0 Å². The molecule has 0 aromatic rings. The lowest BCUT2D eigenvalue weighted by molar-refractivity contribution is 0.466. The summed E-state index contributed by atoms with van der Waals surface area (Å²) in [6, 6.07) is 0.0934. The Morgan fingerprint density at radius 2 is 1.89 bits per heavy atom. The zero-order valence-electron chi connectivity index (χ0n) is 5.92. The Kier molecular flexibility index (Phi) is 4.01. The van der Waals surface area contributed by atoms with Gasteiger partial charge in [0.1, 0.15) is 0 Å². The largest absolute Gasteiger partial charge is 0.294 e. The molecule has 0 aliphatic carbocycles. The minimum atomic E-state index is -1.87. The summed E-state index contributed by atoms with van der Waals surface area (Å²) < 4.78 is 20.9. The molecule has 0 radical (unpaired) electrons. The van der Waals surface area contributed by atoms with Crippen molar-refractivity contribution in [1.29, 1.82) is 0 Å². The average Bonchev–Trinajstić information content (AvgIpc) is 1.63. The maximum absolute atomic E-state index is 10.1. The third-order valence-electron chi connectivity index (χ3n) is 1.29. The van der Waals surface area contributed by atoms with Gasteiger partial charge in [0.2, 0.25) is 11.3 Å². The zero-order chi connectivity index (χ0) is 7.44. The van der Waals surface area contributed by atoms with Gasteiger partial charge in [-0.3, -0.25) is 4.55 Å². The van der Waals surface area contributed by atoms with Gasteiger partial charge < -0.3 is 0 Å². The highest BCUT2D eigenvalue weighted by molar-refractivity contribution is 7.77. The van der Waals surface area contributed by atoms with Crippen LogP contribution in [0.4, 0.5) is 0 Å². The highest BCUT2D eigenvalue weighted by Gasteiger charge is 2.07. The van der Waals surface area contributed by atoms with E-state index in [0.717, 1.165) is 0 Å².